The lowest BCUT2D eigenvalue weighted by molar-refractivity contribution is -0.176. The summed E-state index contributed by atoms with van der Waals surface area (Å²) in [6.07, 6.45) is -9.71. The number of nitrogens with zero attached hydrogens (tertiary/aromatic N) is 8. The summed E-state index contributed by atoms with van der Waals surface area (Å²) >= 11 is 0. The fourth-order valence-corrected chi connectivity index (χ4v) is 17.1. The number of benzene rings is 4. The quantitative estimate of drug-likeness (QED) is 0.0277. The minimum absolute atomic E-state index is 0.0863. The maximum absolute atomic E-state index is 14.9. The SMILES string of the molecule is CC(C)C[C@H]1C(=O)O[C@H](Cc2ccc(OC(C)(C)C)cc2)C(=O)N(C)[C@@H](CC(C)C)C(=O)O[C@H](C)C(=O)N(C)[C@@H](CC(C)C)C(=O)O[C@H](Cc2ccccc2)C(=O)N(C)[C@@H](CC(C)C)C(=O)O[C@H](C)C(=O)N1C.CCCCOc1ccc(C[C@H]2OC(=O)[C@H](CC(C)C)N(C)C(=O)[C@@H](C)OC(=O)[C@H](CC(C)C)N(C)C(=O)[C@@H](Cc3ccccc3)OC(=O)[C@H](CC(C)C)N(C)C(=O)[C@@H](C)OC(=O)[C@H](CC(C)C)N(C)C2=O)cc1. The zero-order valence-electron chi connectivity index (χ0n) is 92.5. The number of unbranched alkanes of at least 4 members (excludes halogenated alkanes) is 1. The summed E-state index contributed by atoms with van der Waals surface area (Å²) in [4.78, 5) is 241. The Hall–Kier alpha value is -12.0. The number of rotatable bonds is 29. The molecule has 34 heteroatoms. The highest BCUT2D eigenvalue weighted by molar-refractivity contribution is 5.97. The molecule has 2 aliphatic heterocycles. The molecule has 6 rings (SSSR count). The Kier molecular flexibility index (Phi) is 49.9. The zero-order valence-corrected chi connectivity index (χ0v) is 92.5. The second-order valence-corrected chi connectivity index (χ2v) is 43.3. The van der Waals surface area contributed by atoms with Crippen molar-refractivity contribution in [2.75, 3.05) is 63.0 Å². The van der Waals surface area contributed by atoms with E-state index in [9.17, 15) is 76.7 Å². The third-order valence-electron chi connectivity index (χ3n) is 25.4. The molecule has 0 radical (unpaired) electrons. The molecule has 0 spiro atoms. The molecule has 812 valence electrons. The van der Waals surface area contributed by atoms with Crippen LogP contribution >= 0.6 is 0 Å². The predicted molar refractivity (Wildman–Crippen MR) is 551 cm³/mol. The first kappa shape index (κ1) is 124. The predicted octanol–water partition coefficient (Wildman–Crippen LogP) is 13.7. The molecular formula is C112H168N8O26. The smallest absolute Gasteiger partial charge is 0.329 e. The van der Waals surface area contributed by atoms with Crippen molar-refractivity contribution in [1.29, 1.82) is 0 Å². The van der Waals surface area contributed by atoms with Crippen LogP contribution in [-0.2, 0) is 140 Å². The highest BCUT2D eigenvalue weighted by Gasteiger charge is 2.48. The number of esters is 8. The minimum atomic E-state index is -1.53. The van der Waals surface area contributed by atoms with Crippen molar-refractivity contribution in [3.8, 4) is 11.5 Å². The van der Waals surface area contributed by atoms with Gasteiger partial charge in [0, 0.05) is 82.1 Å². The minimum Gasteiger partial charge on any atom is -0.494 e. The summed E-state index contributed by atoms with van der Waals surface area (Å²) in [5.41, 5.74) is 1.99. The largest absolute Gasteiger partial charge is 0.494 e. The molecule has 34 nitrogen and oxygen atoms in total. The van der Waals surface area contributed by atoms with Gasteiger partial charge in [0.15, 0.2) is 48.8 Å². The Morgan fingerprint density at radius 1 is 0.253 bits per heavy atom. The average molecular weight is 2040 g/mol. The standard InChI is InChI=1S/2C56H84N4O13/c1-33(2)27-42-52(65)69-38(10)49(62)58(15)45(30-36(7)8)55(68)72-47(32-40-23-25-41(26-24-40)73-56(11,12)13)51(64)60(17)43(28-34(3)4)53(66)70-37(9)48(61)57(14)44(29-35(5)6)54(67)71-46(50(63)59(42)16)31-39-21-19-18-20-22-39;1-16-17-27-69-42-25-23-41(24-26-42)33-48-52(64)60(15)44(29-35(4)5)54(66)71-38(10)49(61)57(12)45(30-36(6)7)55(67)72-47(32-40-21-19-18-20-22-40)51(63)59(14)43(28-34(2)3)53(65)70-39(11)50(62)58(13)46(31-37(8)9)56(68)73-48/h18-26,33-38,42-47H,27-32H2,1-17H3;18-26,34-39,43-48H,16-17,27-33H2,1-15H3/t37-,38-,42+,43+,44+,45+,46-,47-;38-,39-,43+,44+,45+,46+,47-,48-/m11/s1. The van der Waals surface area contributed by atoms with Gasteiger partial charge in [-0.15, -0.1) is 0 Å². The molecule has 4 aromatic carbocycles. The molecule has 0 aromatic heterocycles. The first-order chi connectivity index (χ1) is 68.2. The Morgan fingerprint density at radius 2 is 0.432 bits per heavy atom. The summed E-state index contributed by atoms with van der Waals surface area (Å²) in [6, 6.07) is 21.5. The van der Waals surface area contributed by atoms with Crippen LogP contribution in [0.4, 0.5) is 0 Å². The molecule has 4 aromatic rings. The number of cyclic esters (lactones) is 8. The molecule has 0 saturated carbocycles. The number of carbonyl (C=O) groups excluding carboxylic acids is 16. The van der Waals surface area contributed by atoms with Crippen molar-refractivity contribution >= 4 is 95.0 Å². The lowest BCUT2D eigenvalue weighted by Crippen LogP contribution is -2.55. The fraction of sp³-hybridized carbons (Fsp3) is 0.643. The van der Waals surface area contributed by atoms with Gasteiger partial charge in [0.1, 0.15) is 65.4 Å². The Bertz CT molecular complexity index is 4910. The highest BCUT2D eigenvalue weighted by atomic mass is 16.6. The van der Waals surface area contributed by atoms with Crippen LogP contribution in [-0.4, -0.2) is 300 Å². The van der Waals surface area contributed by atoms with E-state index >= 15 is 0 Å². The lowest BCUT2D eigenvalue weighted by Gasteiger charge is -2.35. The normalized spacial score (nSPS) is 24.4. The summed E-state index contributed by atoms with van der Waals surface area (Å²) in [5.74, 6) is -13.4. The van der Waals surface area contributed by atoms with Crippen molar-refractivity contribution in [3.05, 3.63) is 131 Å². The molecule has 2 saturated heterocycles. The van der Waals surface area contributed by atoms with E-state index in [1.54, 1.807) is 109 Å². The monoisotopic (exact) mass is 2040 g/mol. The van der Waals surface area contributed by atoms with E-state index in [1.807, 2.05) is 132 Å². The van der Waals surface area contributed by atoms with Gasteiger partial charge >= 0.3 is 47.8 Å². The summed E-state index contributed by atoms with van der Waals surface area (Å²) < 4.78 is 59.7. The number of likely N-dealkylation sites (N-methyl/N-ethyl adjacent to an activating group) is 8. The van der Waals surface area contributed by atoms with E-state index in [2.05, 4.69) is 6.92 Å². The summed E-state index contributed by atoms with van der Waals surface area (Å²) in [6.45, 7) is 43.3. The molecule has 8 amide bonds. The van der Waals surface area contributed by atoms with Crippen LogP contribution in [0.5, 0.6) is 11.5 Å². The van der Waals surface area contributed by atoms with E-state index in [0.29, 0.717) is 40.4 Å². The van der Waals surface area contributed by atoms with Crippen molar-refractivity contribution < 1.29 is 124 Å². The lowest BCUT2D eigenvalue weighted by atomic mass is 10.00. The van der Waals surface area contributed by atoms with Crippen LogP contribution in [0.1, 0.15) is 253 Å². The Balaban J connectivity index is 0.000000514. The molecule has 2 aliphatic rings. The van der Waals surface area contributed by atoms with Crippen LogP contribution in [0.2, 0.25) is 0 Å². The van der Waals surface area contributed by atoms with E-state index in [0.717, 1.165) is 52.0 Å². The van der Waals surface area contributed by atoms with Crippen molar-refractivity contribution in [3.63, 3.8) is 0 Å². The topological polar surface area (TPSA) is 391 Å². The van der Waals surface area contributed by atoms with E-state index in [-0.39, 0.29) is 124 Å². The van der Waals surface area contributed by atoms with Crippen LogP contribution < -0.4 is 9.47 Å². The van der Waals surface area contributed by atoms with Gasteiger partial charge < -0.3 is 86.6 Å². The van der Waals surface area contributed by atoms with Crippen LogP contribution in [0, 0.1) is 47.3 Å². The van der Waals surface area contributed by atoms with E-state index in [4.69, 9.17) is 47.4 Å². The van der Waals surface area contributed by atoms with Gasteiger partial charge in [0.2, 0.25) is 0 Å². The van der Waals surface area contributed by atoms with Gasteiger partial charge in [-0.1, -0.05) is 209 Å². The molecule has 0 unspecified atom stereocenters. The number of carbonyl (C=O) groups is 16. The van der Waals surface area contributed by atoms with Gasteiger partial charge in [-0.05, 0) is 200 Å². The second kappa shape index (κ2) is 58.5. The molecule has 2 fully saturated rings. The molecule has 2 heterocycles. The third kappa shape index (κ3) is 38.7. The van der Waals surface area contributed by atoms with Gasteiger partial charge in [0.05, 0.1) is 6.61 Å². The third-order valence-corrected chi connectivity index (χ3v) is 25.4. The number of amides is 8. The number of hydrogen-bond donors (Lipinski definition) is 0. The molecule has 0 bridgehead atoms. The van der Waals surface area contributed by atoms with E-state index in [1.165, 1.54) is 84.1 Å². The molecule has 16 atom stereocenters. The maximum atomic E-state index is 14.9. The van der Waals surface area contributed by atoms with Crippen LogP contribution in [0.25, 0.3) is 0 Å². The zero-order chi connectivity index (χ0) is 110. The van der Waals surface area contributed by atoms with Crippen molar-refractivity contribution in [1.82, 2.24) is 39.2 Å². The second-order valence-electron chi connectivity index (χ2n) is 43.3. The molecule has 0 N–H and O–H groups in total. The van der Waals surface area contributed by atoms with Gasteiger partial charge in [-0.3, -0.25) is 38.4 Å². The average Bonchev–Trinajstić information content (AvgIpc) is 0.816. The van der Waals surface area contributed by atoms with Crippen LogP contribution in [0.15, 0.2) is 109 Å². The maximum Gasteiger partial charge on any atom is 0.329 e. The number of ether oxygens (including phenoxy) is 10. The number of hydrogen-bond acceptors (Lipinski definition) is 26. The summed E-state index contributed by atoms with van der Waals surface area (Å²) in [5, 5.41) is 0. The van der Waals surface area contributed by atoms with Gasteiger partial charge in [-0.25, -0.2) is 38.4 Å². The Morgan fingerprint density at radius 3 is 0.616 bits per heavy atom. The van der Waals surface area contributed by atoms with Crippen LogP contribution in [0.3, 0.4) is 0 Å². The molecular weight excluding hydrogens is 1870 g/mol. The van der Waals surface area contributed by atoms with Gasteiger partial charge in [0.25, 0.3) is 47.3 Å². The summed E-state index contributed by atoms with van der Waals surface area (Å²) in [7, 11) is 11.1. The molecule has 146 heavy (non-hydrogen) atoms. The fourth-order valence-electron chi connectivity index (χ4n) is 17.1. The highest BCUT2D eigenvalue weighted by Crippen LogP contribution is 2.31. The first-order valence-electron chi connectivity index (χ1n) is 51.5. The van der Waals surface area contributed by atoms with Gasteiger partial charge in [-0.2, -0.15) is 0 Å². The van der Waals surface area contributed by atoms with E-state index < -0.39 is 198 Å². The first-order valence-corrected chi connectivity index (χ1v) is 51.5. The Labute approximate surface area is 866 Å². The van der Waals surface area contributed by atoms with Crippen molar-refractivity contribution in [2.45, 2.75) is 359 Å². The van der Waals surface area contributed by atoms with Crippen molar-refractivity contribution in [2.24, 2.45) is 47.3 Å². The molecule has 0 aliphatic carbocycles.